The van der Waals surface area contributed by atoms with Crippen molar-refractivity contribution in [2.45, 2.75) is 46.6 Å². The predicted molar refractivity (Wildman–Crippen MR) is 131 cm³/mol. The third-order valence-corrected chi connectivity index (χ3v) is 7.38. The van der Waals surface area contributed by atoms with Gasteiger partial charge in [0.2, 0.25) is 0 Å². The van der Waals surface area contributed by atoms with Gasteiger partial charge in [-0.25, -0.2) is 4.98 Å². The molecule has 3 atom stereocenters. The number of nitrogens with zero attached hydrogens (tertiary/aromatic N) is 4. The van der Waals surface area contributed by atoms with Crippen LogP contribution in [0.5, 0.6) is 0 Å². The molecule has 0 spiro atoms. The van der Waals surface area contributed by atoms with E-state index in [0.29, 0.717) is 38.1 Å². The minimum absolute atomic E-state index is 0.0255. The number of thioether (sulfide) groups is 1. The Kier molecular flexibility index (Phi) is 6.21. The molecule has 2 saturated heterocycles. The average Bonchev–Trinajstić information content (AvgIpc) is 3.01. The summed E-state index contributed by atoms with van der Waals surface area (Å²) in [6.45, 7) is 10.2. The van der Waals surface area contributed by atoms with Crippen molar-refractivity contribution in [2.75, 3.05) is 18.0 Å². The second-order valence-electron chi connectivity index (χ2n) is 8.74. The van der Waals surface area contributed by atoms with E-state index in [1.54, 1.807) is 21.6 Å². The molecule has 4 rings (SSSR count). The van der Waals surface area contributed by atoms with Crippen LogP contribution in [0.15, 0.2) is 34.1 Å². The third-order valence-electron chi connectivity index (χ3n) is 6.05. The summed E-state index contributed by atoms with van der Waals surface area (Å²) in [6.07, 6.45) is 5.40. The summed E-state index contributed by atoms with van der Waals surface area (Å²) in [6, 6.07) is 5.56. The Morgan fingerprint density at radius 3 is 2.65 bits per heavy atom. The molecule has 0 aromatic carbocycles. The number of piperidine rings is 1. The van der Waals surface area contributed by atoms with Gasteiger partial charge in [0.15, 0.2) is 0 Å². The number of rotatable bonds is 4. The molecule has 31 heavy (non-hydrogen) atoms. The van der Waals surface area contributed by atoms with E-state index < -0.39 is 0 Å². The van der Waals surface area contributed by atoms with E-state index in [4.69, 9.17) is 17.2 Å². The molecule has 164 valence electrons. The number of anilines is 1. The lowest BCUT2D eigenvalue weighted by molar-refractivity contribution is -0.123. The first kappa shape index (κ1) is 22.0. The zero-order valence-electron chi connectivity index (χ0n) is 18.4. The van der Waals surface area contributed by atoms with Crippen molar-refractivity contribution in [1.29, 1.82) is 0 Å². The Morgan fingerprint density at radius 2 is 1.97 bits per heavy atom. The molecule has 0 radical (unpaired) electrons. The van der Waals surface area contributed by atoms with E-state index in [2.05, 4.69) is 18.7 Å². The highest BCUT2D eigenvalue weighted by Crippen LogP contribution is 2.36. The highest BCUT2D eigenvalue weighted by atomic mass is 32.2. The number of carbonyl (C=O) groups is 1. The topological polar surface area (TPSA) is 57.9 Å². The maximum absolute atomic E-state index is 13.5. The molecule has 4 heterocycles. The summed E-state index contributed by atoms with van der Waals surface area (Å²) in [4.78, 5) is 35.8. The summed E-state index contributed by atoms with van der Waals surface area (Å²) in [5, 5.41) is 0. The maximum atomic E-state index is 13.5. The van der Waals surface area contributed by atoms with Crippen molar-refractivity contribution in [3.05, 3.63) is 45.2 Å². The Bertz CT molecular complexity index is 1120. The Labute approximate surface area is 192 Å². The fourth-order valence-corrected chi connectivity index (χ4v) is 5.91. The van der Waals surface area contributed by atoms with Crippen LogP contribution in [0.2, 0.25) is 0 Å². The first-order valence-electron chi connectivity index (χ1n) is 10.8. The van der Waals surface area contributed by atoms with Crippen molar-refractivity contribution in [3.8, 4) is 0 Å². The van der Waals surface area contributed by atoms with Gasteiger partial charge in [-0.15, -0.1) is 0 Å². The summed E-state index contributed by atoms with van der Waals surface area (Å²) < 4.78 is 2.09. The van der Waals surface area contributed by atoms with Gasteiger partial charge in [0, 0.05) is 25.3 Å². The molecular formula is C23H28N4O2S2. The van der Waals surface area contributed by atoms with Crippen molar-refractivity contribution in [3.63, 3.8) is 0 Å². The zero-order valence-corrected chi connectivity index (χ0v) is 20.0. The van der Waals surface area contributed by atoms with Crippen LogP contribution in [0, 0.1) is 11.8 Å². The Morgan fingerprint density at radius 1 is 1.26 bits per heavy atom. The first-order chi connectivity index (χ1) is 14.8. The maximum Gasteiger partial charge on any atom is 0.267 e. The van der Waals surface area contributed by atoms with Crippen molar-refractivity contribution in [1.82, 2.24) is 14.3 Å². The van der Waals surface area contributed by atoms with Gasteiger partial charge in [-0.2, -0.15) is 0 Å². The number of carbonyl (C=O) groups excluding carboxylic acids is 1. The van der Waals surface area contributed by atoms with E-state index in [1.165, 1.54) is 11.8 Å². The van der Waals surface area contributed by atoms with Crippen LogP contribution in [0.25, 0.3) is 11.7 Å². The lowest BCUT2D eigenvalue weighted by atomic mass is 9.91. The molecule has 2 aromatic rings. The van der Waals surface area contributed by atoms with Gasteiger partial charge >= 0.3 is 0 Å². The normalized spacial score (nSPS) is 24.5. The highest BCUT2D eigenvalue weighted by molar-refractivity contribution is 8.26. The number of pyridine rings is 1. The molecule has 2 aliphatic heterocycles. The number of thiocarbonyl (C=S) groups is 1. The molecule has 0 saturated carbocycles. The Hall–Kier alpha value is -2.19. The highest BCUT2D eigenvalue weighted by Gasteiger charge is 2.35. The van der Waals surface area contributed by atoms with Gasteiger partial charge in [-0.3, -0.25) is 18.9 Å². The van der Waals surface area contributed by atoms with Crippen molar-refractivity contribution in [2.24, 2.45) is 11.8 Å². The number of hydrogen-bond donors (Lipinski definition) is 0. The second kappa shape index (κ2) is 8.74. The standard InChI is InChI=1S/C23H28N4O2S2/c1-5-16(4)27-22(29)18(31-23(27)30)11-17-20(25-12-14(2)10-15(3)13-25)24-19-8-6-7-9-26(19)21(17)28/h6-9,11,14-16H,5,10,12-13H2,1-4H3/b18-11-/t14-,15-,16+/m0/s1. The average molecular weight is 457 g/mol. The molecule has 6 nitrogen and oxygen atoms in total. The van der Waals surface area contributed by atoms with Crippen LogP contribution in [-0.4, -0.2) is 43.6 Å². The molecule has 0 unspecified atom stereocenters. The van der Waals surface area contributed by atoms with Crippen molar-refractivity contribution >= 4 is 51.7 Å². The number of aromatic nitrogens is 2. The van der Waals surface area contributed by atoms with Gasteiger partial charge in [-0.1, -0.05) is 50.8 Å². The lowest BCUT2D eigenvalue weighted by Gasteiger charge is -2.36. The van der Waals surface area contributed by atoms with Gasteiger partial charge in [-0.05, 0) is 49.8 Å². The summed E-state index contributed by atoms with van der Waals surface area (Å²) in [5.74, 6) is 1.55. The fourth-order valence-electron chi connectivity index (χ4n) is 4.47. The fraction of sp³-hybridized carbons (Fsp3) is 0.478. The summed E-state index contributed by atoms with van der Waals surface area (Å²) in [7, 11) is 0. The monoisotopic (exact) mass is 456 g/mol. The van der Waals surface area contributed by atoms with Crippen LogP contribution in [0.3, 0.4) is 0 Å². The minimum atomic E-state index is -0.166. The van der Waals surface area contributed by atoms with Gasteiger partial charge < -0.3 is 4.90 Å². The number of fused-ring (bicyclic) bond motifs is 1. The smallest absolute Gasteiger partial charge is 0.267 e. The molecule has 0 aliphatic carbocycles. The molecular weight excluding hydrogens is 428 g/mol. The first-order valence-corrected chi connectivity index (χ1v) is 12.1. The second-order valence-corrected chi connectivity index (χ2v) is 10.4. The summed E-state index contributed by atoms with van der Waals surface area (Å²) >= 11 is 6.74. The van der Waals surface area contributed by atoms with E-state index in [0.717, 1.165) is 25.9 Å². The van der Waals surface area contributed by atoms with E-state index >= 15 is 0 Å². The van der Waals surface area contributed by atoms with E-state index in [-0.39, 0.29) is 17.5 Å². The van der Waals surface area contributed by atoms with Crippen LogP contribution in [-0.2, 0) is 4.79 Å². The van der Waals surface area contributed by atoms with Gasteiger partial charge in [0.1, 0.15) is 15.8 Å². The SMILES string of the molecule is CC[C@@H](C)N1C(=O)/C(=C/c2c(N3C[C@@H](C)C[C@H](C)C3)nc3ccccn3c2=O)SC1=S. The molecule has 2 fully saturated rings. The molecule has 2 aromatic heterocycles. The largest absolute Gasteiger partial charge is 0.355 e. The Balaban J connectivity index is 1.86. The lowest BCUT2D eigenvalue weighted by Crippen LogP contribution is -2.40. The van der Waals surface area contributed by atoms with Gasteiger partial charge in [0.25, 0.3) is 11.5 Å². The van der Waals surface area contributed by atoms with Crippen LogP contribution in [0.4, 0.5) is 5.82 Å². The number of hydrogen-bond acceptors (Lipinski definition) is 6. The third kappa shape index (κ3) is 4.15. The van der Waals surface area contributed by atoms with Crippen LogP contribution in [0.1, 0.15) is 46.1 Å². The van der Waals surface area contributed by atoms with E-state index in [9.17, 15) is 9.59 Å². The summed E-state index contributed by atoms with van der Waals surface area (Å²) in [5.41, 5.74) is 0.896. The van der Waals surface area contributed by atoms with E-state index in [1.807, 2.05) is 32.0 Å². The molecule has 0 bridgehead atoms. The molecule has 2 aliphatic rings. The minimum Gasteiger partial charge on any atom is -0.355 e. The molecule has 1 amide bonds. The number of amides is 1. The predicted octanol–water partition coefficient (Wildman–Crippen LogP) is 4.18. The zero-order chi connectivity index (χ0) is 22.3. The molecule has 0 N–H and O–H groups in total. The molecule has 8 heteroatoms. The van der Waals surface area contributed by atoms with Crippen molar-refractivity contribution < 1.29 is 4.79 Å². The van der Waals surface area contributed by atoms with Crippen LogP contribution >= 0.6 is 24.0 Å². The quantitative estimate of drug-likeness (QED) is 0.508. The van der Waals surface area contributed by atoms with Crippen LogP contribution < -0.4 is 10.5 Å². The van der Waals surface area contributed by atoms with Gasteiger partial charge in [0.05, 0.1) is 10.5 Å².